The highest BCUT2D eigenvalue weighted by molar-refractivity contribution is 6.30. The fourth-order valence-corrected chi connectivity index (χ4v) is 1.72. The van der Waals surface area contributed by atoms with Crippen molar-refractivity contribution in [2.24, 2.45) is 0 Å². The number of pyridine rings is 1. The van der Waals surface area contributed by atoms with Gasteiger partial charge in [0.1, 0.15) is 23.5 Å². The second-order valence-corrected chi connectivity index (χ2v) is 4.42. The van der Waals surface area contributed by atoms with Crippen molar-refractivity contribution in [3.05, 3.63) is 63.0 Å². The molecule has 1 atom stereocenters. The van der Waals surface area contributed by atoms with E-state index in [-0.39, 0.29) is 11.7 Å². The quantitative estimate of drug-likeness (QED) is 0.935. The lowest BCUT2D eigenvalue weighted by molar-refractivity contribution is 0.221. The van der Waals surface area contributed by atoms with Crippen LogP contribution < -0.4 is 10.3 Å². The Morgan fingerprint density at radius 1 is 1.26 bits per heavy atom. The van der Waals surface area contributed by atoms with E-state index in [0.29, 0.717) is 16.5 Å². The van der Waals surface area contributed by atoms with Gasteiger partial charge in [-0.1, -0.05) is 11.6 Å². The third kappa shape index (κ3) is 3.15. The monoisotopic (exact) mass is 274 g/mol. The summed E-state index contributed by atoms with van der Waals surface area (Å²) >= 11 is 5.79. The van der Waals surface area contributed by atoms with Gasteiger partial charge in [0.05, 0.1) is 5.69 Å². The third-order valence-corrected chi connectivity index (χ3v) is 2.87. The molecule has 96 valence electrons. The number of aromatic nitrogens is 1. The zero-order chi connectivity index (χ0) is 13.8. The lowest BCUT2D eigenvalue weighted by Gasteiger charge is -2.14. The summed E-state index contributed by atoms with van der Waals surface area (Å²) in [6, 6.07) is 11.9. The molecule has 19 heavy (non-hydrogen) atoms. The molecule has 0 unspecified atom stereocenters. The fourth-order valence-electron chi connectivity index (χ4n) is 1.59. The van der Waals surface area contributed by atoms with Crippen molar-refractivity contribution in [3.8, 4) is 11.8 Å². The van der Waals surface area contributed by atoms with Gasteiger partial charge in [-0.2, -0.15) is 5.26 Å². The van der Waals surface area contributed by atoms with Crippen LogP contribution in [0.15, 0.2) is 41.2 Å². The van der Waals surface area contributed by atoms with Crippen molar-refractivity contribution in [2.45, 2.75) is 13.0 Å². The summed E-state index contributed by atoms with van der Waals surface area (Å²) in [6.07, 6.45) is -0.332. The highest BCUT2D eigenvalue weighted by Gasteiger charge is 2.09. The molecule has 1 N–H and O–H groups in total. The average molecular weight is 275 g/mol. The SMILES string of the molecule is C[C@@H](Oc1ccc(Cl)cc1)c1ccc(C#N)c(=O)[nH]1. The highest BCUT2D eigenvalue weighted by Crippen LogP contribution is 2.21. The first-order chi connectivity index (χ1) is 9.10. The summed E-state index contributed by atoms with van der Waals surface area (Å²) in [6.45, 7) is 1.81. The summed E-state index contributed by atoms with van der Waals surface area (Å²) in [5, 5.41) is 9.33. The molecule has 1 heterocycles. The molecule has 1 aromatic carbocycles. The van der Waals surface area contributed by atoms with Crippen LogP contribution in [0.4, 0.5) is 0 Å². The molecular formula is C14H11ClN2O2. The normalized spacial score (nSPS) is 11.6. The van der Waals surface area contributed by atoms with E-state index in [0.717, 1.165) is 0 Å². The number of nitrogens with one attached hydrogen (secondary N) is 1. The number of aromatic amines is 1. The minimum absolute atomic E-state index is 0.0856. The van der Waals surface area contributed by atoms with Crippen molar-refractivity contribution < 1.29 is 4.74 Å². The molecule has 1 aromatic heterocycles. The molecule has 0 fully saturated rings. The van der Waals surface area contributed by atoms with Gasteiger partial charge in [-0.3, -0.25) is 4.79 Å². The van der Waals surface area contributed by atoms with Crippen LogP contribution in [0.25, 0.3) is 0 Å². The Hall–Kier alpha value is -2.25. The maximum absolute atomic E-state index is 11.5. The largest absolute Gasteiger partial charge is 0.485 e. The Balaban J connectivity index is 2.18. The number of hydrogen-bond acceptors (Lipinski definition) is 3. The van der Waals surface area contributed by atoms with Crippen LogP contribution in [0.2, 0.25) is 5.02 Å². The second-order valence-electron chi connectivity index (χ2n) is 3.98. The van der Waals surface area contributed by atoms with E-state index in [4.69, 9.17) is 21.6 Å². The molecular weight excluding hydrogens is 264 g/mol. The molecule has 0 saturated heterocycles. The van der Waals surface area contributed by atoms with E-state index >= 15 is 0 Å². The number of nitriles is 1. The molecule has 0 saturated carbocycles. The van der Waals surface area contributed by atoms with Crippen LogP contribution in [-0.2, 0) is 0 Å². The minimum atomic E-state index is -0.411. The number of benzene rings is 1. The van der Waals surface area contributed by atoms with Gasteiger partial charge in [-0.05, 0) is 43.3 Å². The zero-order valence-corrected chi connectivity index (χ0v) is 10.9. The van der Waals surface area contributed by atoms with Crippen LogP contribution in [0.3, 0.4) is 0 Å². The van der Waals surface area contributed by atoms with Gasteiger partial charge < -0.3 is 9.72 Å². The molecule has 4 nitrogen and oxygen atoms in total. The molecule has 0 aliphatic carbocycles. The van der Waals surface area contributed by atoms with Gasteiger partial charge in [-0.15, -0.1) is 0 Å². The standard InChI is InChI=1S/C14H11ClN2O2/c1-9(19-12-5-3-11(15)4-6-12)13-7-2-10(8-16)14(18)17-13/h2-7,9H,1H3,(H,17,18)/t9-/m1/s1. The van der Waals surface area contributed by atoms with E-state index in [2.05, 4.69) is 4.98 Å². The number of halogens is 1. The number of rotatable bonds is 3. The van der Waals surface area contributed by atoms with Crippen LogP contribution in [0, 0.1) is 11.3 Å². The van der Waals surface area contributed by atoms with Crippen LogP contribution in [-0.4, -0.2) is 4.98 Å². The van der Waals surface area contributed by atoms with Crippen molar-refractivity contribution >= 4 is 11.6 Å². The Bertz CT molecular complexity index is 671. The van der Waals surface area contributed by atoms with Gasteiger partial charge in [-0.25, -0.2) is 0 Å². The van der Waals surface area contributed by atoms with Crippen LogP contribution >= 0.6 is 11.6 Å². The molecule has 2 rings (SSSR count). The third-order valence-electron chi connectivity index (χ3n) is 2.62. The molecule has 0 aliphatic heterocycles. The summed E-state index contributed by atoms with van der Waals surface area (Å²) in [7, 11) is 0. The summed E-state index contributed by atoms with van der Waals surface area (Å²) in [5.74, 6) is 0.655. The van der Waals surface area contributed by atoms with E-state index in [1.807, 2.05) is 13.0 Å². The van der Waals surface area contributed by atoms with E-state index in [1.165, 1.54) is 6.07 Å². The Morgan fingerprint density at radius 3 is 2.53 bits per heavy atom. The van der Waals surface area contributed by atoms with Gasteiger partial charge in [0.25, 0.3) is 5.56 Å². The minimum Gasteiger partial charge on any atom is -0.485 e. The Labute approximate surface area is 115 Å². The molecule has 0 aliphatic rings. The predicted octanol–water partition coefficient (Wildman–Crippen LogP) is 3.04. The lowest BCUT2D eigenvalue weighted by atomic mass is 10.2. The molecule has 0 bridgehead atoms. The van der Waals surface area contributed by atoms with Crippen molar-refractivity contribution in [2.75, 3.05) is 0 Å². The van der Waals surface area contributed by atoms with Crippen molar-refractivity contribution in [1.82, 2.24) is 4.98 Å². The molecule has 2 aromatic rings. The second kappa shape index (κ2) is 5.59. The molecule has 0 amide bonds. The smallest absolute Gasteiger partial charge is 0.266 e. The molecule has 0 spiro atoms. The zero-order valence-electron chi connectivity index (χ0n) is 10.2. The number of H-pyrrole nitrogens is 1. The van der Waals surface area contributed by atoms with Crippen LogP contribution in [0.1, 0.15) is 24.3 Å². The first-order valence-corrected chi connectivity index (χ1v) is 6.03. The lowest BCUT2D eigenvalue weighted by Crippen LogP contribution is -2.15. The van der Waals surface area contributed by atoms with Gasteiger partial charge >= 0.3 is 0 Å². The maximum atomic E-state index is 11.5. The van der Waals surface area contributed by atoms with Gasteiger partial charge in [0.15, 0.2) is 0 Å². The van der Waals surface area contributed by atoms with Gasteiger partial charge in [0.2, 0.25) is 0 Å². The maximum Gasteiger partial charge on any atom is 0.266 e. The number of hydrogen-bond donors (Lipinski definition) is 1. The fraction of sp³-hybridized carbons (Fsp3) is 0.143. The van der Waals surface area contributed by atoms with Gasteiger partial charge in [0, 0.05) is 5.02 Å². The summed E-state index contributed by atoms with van der Waals surface area (Å²) in [4.78, 5) is 14.2. The number of ether oxygens (including phenoxy) is 1. The summed E-state index contributed by atoms with van der Waals surface area (Å²) < 4.78 is 5.67. The molecule has 5 heteroatoms. The highest BCUT2D eigenvalue weighted by atomic mass is 35.5. The Morgan fingerprint density at radius 2 is 1.95 bits per heavy atom. The number of nitrogens with zero attached hydrogens (tertiary/aromatic N) is 1. The average Bonchev–Trinajstić information content (AvgIpc) is 2.41. The van der Waals surface area contributed by atoms with Crippen LogP contribution in [0.5, 0.6) is 5.75 Å². The molecule has 0 radical (unpaired) electrons. The predicted molar refractivity (Wildman–Crippen MR) is 72.3 cm³/mol. The Kier molecular flexibility index (Phi) is 3.88. The van der Waals surface area contributed by atoms with Crippen molar-refractivity contribution in [3.63, 3.8) is 0 Å². The first-order valence-electron chi connectivity index (χ1n) is 5.65. The van der Waals surface area contributed by atoms with Crippen molar-refractivity contribution in [1.29, 1.82) is 5.26 Å². The van der Waals surface area contributed by atoms with E-state index < -0.39 is 5.56 Å². The van der Waals surface area contributed by atoms with E-state index in [9.17, 15) is 4.79 Å². The van der Waals surface area contributed by atoms with E-state index in [1.54, 1.807) is 30.3 Å². The first kappa shape index (κ1) is 13.2. The summed E-state index contributed by atoms with van der Waals surface area (Å²) in [5.41, 5.74) is 0.285. The topological polar surface area (TPSA) is 65.9 Å².